The number of fused-ring (bicyclic) bond motifs is 4. The molecule has 0 bridgehead atoms. The lowest BCUT2D eigenvalue weighted by Crippen LogP contribution is -2.30. The predicted octanol–water partition coefficient (Wildman–Crippen LogP) is 2.95. The molecule has 2 N–H and O–H groups in total. The molecule has 0 radical (unpaired) electrons. The number of nitrogens with two attached hydrogens (primary N) is 1. The van der Waals surface area contributed by atoms with Gasteiger partial charge in [0.25, 0.3) is 0 Å². The second kappa shape index (κ2) is 5.29. The quantitative estimate of drug-likeness (QED) is 0.728. The van der Waals surface area contributed by atoms with Crippen LogP contribution in [-0.2, 0) is 5.54 Å². The summed E-state index contributed by atoms with van der Waals surface area (Å²) in [6.07, 6.45) is 6.83. The average Bonchev–Trinajstić information content (AvgIpc) is 3.05. The summed E-state index contributed by atoms with van der Waals surface area (Å²) in [5.74, 6) is 2.07. The molecule has 1 aromatic carbocycles. The van der Waals surface area contributed by atoms with Crippen LogP contribution in [0.25, 0.3) is 11.1 Å². The van der Waals surface area contributed by atoms with Gasteiger partial charge < -0.3 is 10.5 Å². The first-order valence-electron chi connectivity index (χ1n) is 7.78. The molecule has 3 aromatic rings. The lowest BCUT2D eigenvalue weighted by molar-refractivity contribution is 0.400. The van der Waals surface area contributed by atoms with Crippen LogP contribution >= 0.6 is 11.8 Å². The monoisotopic (exact) mass is 347 g/mol. The van der Waals surface area contributed by atoms with E-state index in [9.17, 15) is 0 Å². The van der Waals surface area contributed by atoms with Crippen molar-refractivity contribution in [2.24, 2.45) is 10.7 Å². The van der Waals surface area contributed by atoms with Gasteiger partial charge in [0.05, 0.1) is 0 Å². The molecule has 1 unspecified atom stereocenters. The largest absolute Gasteiger partial charge is 0.438 e. The van der Waals surface area contributed by atoms with Crippen LogP contribution in [0, 0.1) is 0 Å². The van der Waals surface area contributed by atoms with E-state index in [4.69, 9.17) is 15.5 Å². The van der Waals surface area contributed by atoms with Crippen molar-refractivity contribution in [1.29, 1.82) is 0 Å². The van der Waals surface area contributed by atoms with Gasteiger partial charge in [-0.25, -0.2) is 19.9 Å². The number of aliphatic imine (C=N–C) groups is 1. The highest BCUT2D eigenvalue weighted by Crippen LogP contribution is 2.52. The van der Waals surface area contributed by atoms with E-state index in [1.54, 1.807) is 30.4 Å². The van der Waals surface area contributed by atoms with Crippen LogP contribution in [0.5, 0.6) is 11.6 Å². The van der Waals surface area contributed by atoms with Crippen LogP contribution in [0.1, 0.15) is 11.1 Å². The van der Waals surface area contributed by atoms with E-state index in [-0.39, 0.29) is 0 Å². The van der Waals surface area contributed by atoms with Crippen molar-refractivity contribution in [3.05, 3.63) is 66.4 Å². The molecule has 25 heavy (non-hydrogen) atoms. The number of rotatable bonds is 1. The molecule has 5 rings (SSSR count). The Morgan fingerprint density at radius 2 is 1.96 bits per heavy atom. The topological polar surface area (TPSA) is 86.3 Å². The third-order valence-electron chi connectivity index (χ3n) is 4.47. The van der Waals surface area contributed by atoms with Crippen LogP contribution in [0.15, 0.2) is 60.2 Å². The zero-order valence-electron chi connectivity index (χ0n) is 13.1. The van der Waals surface area contributed by atoms with Gasteiger partial charge in [0.2, 0.25) is 5.88 Å². The third-order valence-corrected chi connectivity index (χ3v) is 5.42. The lowest BCUT2D eigenvalue weighted by Gasteiger charge is -2.33. The SMILES string of the molecule is NC1=NC2(CS1)c1cc(-c3cncnc3)ccc1Oc1ncccc12. The maximum Gasteiger partial charge on any atom is 0.225 e. The molecule has 2 aliphatic heterocycles. The third kappa shape index (κ3) is 2.12. The van der Waals surface area contributed by atoms with E-state index in [2.05, 4.69) is 21.0 Å². The van der Waals surface area contributed by atoms with Crippen molar-refractivity contribution in [2.45, 2.75) is 5.54 Å². The lowest BCUT2D eigenvalue weighted by atomic mass is 9.82. The molecule has 2 aliphatic rings. The van der Waals surface area contributed by atoms with Crippen molar-refractivity contribution in [3.63, 3.8) is 0 Å². The molecule has 0 amide bonds. The van der Waals surface area contributed by atoms with Crippen molar-refractivity contribution < 1.29 is 4.74 Å². The fourth-order valence-electron chi connectivity index (χ4n) is 3.31. The molecule has 0 saturated carbocycles. The zero-order chi connectivity index (χ0) is 16.9. The van der Waals surface area contributed by atoms with Gasteiger partial charge in [-0.05, 0) is 29.8 Å². The first-order valence-corrected chi connectivity index (χ1v) is 8.76. The van der Waals surface area contributed by atoms with E-state index < -0.39 is 5.54 Å². The van der Waals surface area contributed by atoms with Gasteiger partial charge >= 0.3 is 0 Å². The number of hydrogen-bond acceptors (Lipinski definition) is 7. The predicted molar refractivity (Wildman–Crippen MR) is 96.6 cm³/mol. The Morgan fingerprint density at radius 1 is 1.08 bits per heavy atom. The summed E-state index contributed by atoms with van der Waals surface area (Å²) in [5.41, 5.74) is 9.35. The second-order valence-electron chi connectivity index (χ2n) is 5.90. The molecule has 0 aliphatic carbocycles. The summed E-state index contributed by atoms with van der Waals surface area (Å²) < 4.78 is 6.03. The van der Waals surface area contributed by atoms with Gasteiger partial charge in [-0.15, -0.1) is 0 Å². The molecule has 0 fully saturated rings. The van der Waals surface area contributed by atoms with E-state index in [1.807, 2.05) is 24.3 Å². The highest BCUT2D eigenvalue weighted by atomic mass is 32.2. The van der Waals surface area contributed by atoms with E-state index in [0.29, 0.717) is 11.0 Å². The summed E-state index contributed by atoms with van der Waals surface area (Å²) in [4.78, 5) is 17.4. The second-order valence-corrected chi connectivity index (χ2v) is 6.89. The Bertz CT molecular complexity index is 1010. The highest BCUT2D eigenvalue weighted by molar-refractivity contribution is 8.14. The van der Waals surface area contributed by atoms with E-state index in [0.717, 1.165) is 33.8 Å². The normalized spacial score (nSPS) is 20.6. The molecule has 4 heterocycles. The Hall–Kier alpha value is -2.93. The number of amidine groups is 1. The fourth-order valence-corrected chi connectivity index (χ4v) is 4.27. The molecule has 1 atom stereocenters. The number of ether oxygens (including phenoxy) is 1. The first kappa shape index (κ1) is 14.4. The molecule has 122 valence electrons. The van der Waals surface area contributed by atoms with Crippen LogP contribution in [0.2, 0.25) is 0 Å². The van der Waals surface area contributed by atoms with Gasteiger partial charge in [-0.3, -0.25) is 0 Å². The number of pyridine rings is 1. The Kier molecular flexibility index (Phi) is 3.05. The number of benzene rings is 1. The van der Waals surface area contributed by atoms with E-state index >= 15 is 0 Å². The van der Waals surface area contributed by atoms with Gasteiger partial charge in [0, 0.05) is 41.0 Å². The van der Waals surface area contributed by atoms with Gasteiger partial charge in [0.15, 0.2) is 5.17 Å². The molecule has 1 spiro atoms. The first-order chi connectivity index (χ1) is 12.3. The summed E-state index contributed by atoms with van der Waals surface area (Å²) in [6.45, 7) is 0. The smallest absolute Gasteiger partial charge is 0.225 e. The molecular weight excluding hydrogens is 334 g/mol. The van der Waals surface area contributed by atoms with Gasteiger partial charge in [0.1, 0.15) is 17.6 Å². The number of hydrogen-bond donors (Lipinski definition) is 1. The van der Waals surface area contributed by atoms with Crippen LogP contribution in [-0.4, -0.2) is 25.9 Å². The highest BCUT2D eigenvalue weighted by Gasteiger charge is 2.46. The number of thioether (sulfide) groups is 1. The molecule has 0 saturated heterocycles. The maximum atomic E-state index is 6.04. The van der Waals surface area contributed by atoms with Crippen molar-refractivity contribution in [1.82, 2.24) is 15.0 Å². The molecular formula is C18H13N5OS. The minimum atomic E-state index is -0.572. The fraction of sp³-hybridized carbons (Fsp3) is 0.111. The van der Waals surface area contributed by atoms with Gasteiger partial charge in [-0.2, -0.15) is 0 Å². The molecule has 6 nitrogen and oxygen atoms in total. The average molecular weight is 347 g/mol. The Morgan fingerprint density at radius 3 is 2.76 bits per heavy atom. The van der Waals surface area contributed by atoms with Crippen LogP contribution < -0.4 is 10.5 Å². The summed E-state index contributed by atoms with van der Waals surface area (Å²) in [7, 11) is 0. The van der Waals surface area contributed by atoms with Crippen LogP contribution in [0.4, 0.5) is 0 Å². The maximum absolute atomic E-state index is 6.04. The summed E-state index contributed by atoms with van der Waals surface area (Å²) >= 11 is 1.55. The van der Waals surface area contributed by atoms with Crippen molar-refractivity contribution in [2.75, 3.05) is 5.75 Å². The minimum absolute atomic E-state index is 0.572. The summed E-state index contributed by atoms with van der Waals surface area (Å²) in [5, 5.41) is 0.580. The van der Waals surface area contributed by atoms with E-state index in [1.165, 1.54) is 6.33 Å². The van der Waals surface area contributed by atoms with Crippen molar-refractivity contribution >= 4 is 16.9 Å². The number of nitrogens with zero attached hydrogens (tertiary/aromatic N) is 4. The molecule has 7 heteroatoms. The van der Waals surface area contributed by atoms with Crippen LogP contribution in [0.3, 0.4) is 0 Å². The summed E-state index contributed by atoms with van der Waals surface area (Å²) in [6, 6.07) is 9.94. The zero-order valence-corrected chi connectivity index (χ0v) is 13.9. The molecule has 2 aromatic heterocycles. The Labute approximate surface area is 148 Å². The van der Waals surface area contributed by atoms with Gasteiger partial charge in [-0.1, -0.05) is 17.8 Å². The van der Waals surface area contributed by atoms with Crippen molar-refractivity contribution in [3.8, 4) is 22.8 Å². The minimum Gasteiger partial charge on any atom is -0.438 e. The Balaban J connectivity index is 1.75. The standard InChI is InChI=1S/C18H13N5OS/c19-17-23-18(9-25-17)13-2-1-5-22-16(13)24-15-4-3-11(6-14(15)18)12-7-20-10-21-8-12/h1-8,10H,9H2,(H2,19,23). The number of aromatic nitrogens is 3.